The van der Waals surface area contributed by atoms with E-state index >= 15 is 0 Å². The van der Waals surface area contributed by atoms with Gasteiger partial charge < -0.3 is 15.4 Å². The number of carbonyl (C=O) groups excluding carboxylic acids is 1. The Hall–Kier alpha value is -3.93. The third-order valence-electron chi connectivity index (χ3n) is 5.21. The lowest BCUT2D eigenvalue weighted by molar-refractivity contribution is 0.102. The van der Waals surface area contributed by atoms with Crippen LogP contribution in [0.4, 0.5) is 11.6 Å². The number of hydrogen-bond donors (Lipinski definition) is 2. The van der Waals surface area contributed by atoms with Crippen LogP contribution in [0.2, 0.25) is 0 Å². The van der Waals surface area contributed by atoms with Crippen molar-refractivity contribution in [2.24, 2.45) is 0 Å². The Morgan fingerprint density at radius 1 is 1.00 bits per heavy atom. The van der Waals surface area contributed by atoms with Gasteiger partial charge in [0, 0.05) is 24.3 Å². The summed E-state index contributed by atoms with van der Waals surface area (Å²) >= 11 is 0. The summed E-state index contributed by atoms with van der Waals surface area (Å²) in [5.74, 6) is 0.931. The molecular formula is C25H24N4O2. The minimum Gasteiger partial charge on any atom is -0.496 e. The number of rotatable bonds is 5. The van der Waals surface area contributed by atoms with Gasteiger partial charge in [-0.15, -0.1) is 0 Å². The van der Waals surface area contributed by atoms with Crippen LogP contribution in [0.15, 0.2) is 60.8 Å². The van der Waals surface area contributed by atoms with Crippen molar-refractivity contribution >= 4 is 28.4 Å². The van der Waals surface area contributed by atoms with E-state index < -0.39 is 0 Å². The lowest BCUT2D eigenvalue weighted by Crippen LogP contribution is -2.13. The number of benzene rings is 3. The van der Waals surface area contributed by atoms with Crippen LogP contribution in [0.3, 0.4) is 0 Å². The number of aryl methyl sites for hydroxylation is 2. The molecule has 0 aliphatic heterocycles. The van der Waals surface area contributed by atoms with Gasteiger partial charge in [-0.25, -0.2) is 9.97 Å². The summed E-state index contributed by atoms with van der Waals surface area (Å²) < 4.78 is 5.35. The van der Waals surface area contributed by atoms with Gasteiger partial charge in [0.1, 0.15) is 5.75 Å². The third-order valence-corrected chi connectivity index (χ3v) is 5.21. The Labute approximate surface area is 181 Å². The number of nitrogens with one attached hydrogen (secondary N) is 2. The highest BCUT2D eigenvalue weighted by Crippen LogP contribution is 2.30. The molecule has 0 radical (unpaired) electrons. The first-order valence-corrected chi connectivity index (χ1v) is 10.00. The van der Waals surface area contributed by atoms with Crippen molar-refractivity contribution in [1.29, 1.82) is 0 Å². The number of nitrogens with zero attached hydrogens (tertiary/aromatic N) is 2. The molecule has 6 heteroatoms. The van der Waals surface area contributed by atoms with E-state index in [4.69, 9.17) is 4.74 Å². The van der Waals surface area contributed by atoms with E-state index in [-0.39, 0.29) is 5.91 Å². The molecule has 1 amide bonds. The monoisotopic (exact) mass is 412 g/mol. The fourth-order valence-corrected chi connectivity index (χ4v) is 3.53. The molecular weight excluding hydrogens is 388 g/mol. The van der Waals surface area contributed by atoms with Gasteiger partial charge in [-0.05, 0) is 66.9 Å². The SMILES string of the molecule is CNc1ncc2cc(-c3cc(NC(=O)c4cc(C)ccc4OC)ccc3C)ccc2n1. The molecule has 0 spiro atoms. The normalized spacial score (nSPS) is 10.7. The number of anilines is 2. The van der Waals surface area contributed by atoms with Gasteiger partial charge in [0.15, 0.2) is 0 Å². The topological polar surface area (TPSA) is 76.1 Å². The smallest absolute Gasteiger partial charge is 0.259 e. The molecule has 4 rings (SSSR count). The molecule has 3 aromatic carbocycles. The maximum atomic E-state index is 12.9. The van der Waals surface area contributed by atoms with Crippen LogP contribution < -0.4 is 15.4 Å². The molecule has 0 fully saturated rings. The van der Waals surface area contributed by atoms with Gasteiger partial charge in [0.05, 0.1) is 18.2 Å². The van der Waals surface area contributed by atoms with Crippen LogP contribution in [0.25, 0.3) is 22.0 Å². The number of hydrogen-bond acceptors (Lipinski definition) is 5. The second kappa shape index (κ2) is 8.44. The van der Waals surface area contributed by atoms with Crippen LogP contribution in [0, 0.1) is 13.8 Å². The standard InChI is InChI=1S/C25H24N4O2/c1-15-5-10-23(31-4)21(11-15)24(30)28-19-8-6-16(2)20(13-19)17-7-9-22-18(12-17)14-27-25(26-3)29-22/h5-14H,1-4H3,(H,28,30)(H,26,27,29). The summed E-state index contributed by atoms with van der Waals surface area (Å²) in [5.41, 5.74) is 6.28. The van der Waals surface area contributed by atoms with E-state index in [2.05, 4.69) is 33.6 Å². The maximum Gasteiger partial charge on any atom is 0.259 e. The number of ether oxygens (including phenoxy) is 1. The van der Waals surface area contributed by atoms with Crippen LogP contribution in [-0.2, 0) is 0 Å². The fourth-order valence-electron chi connectivity index (χ4n) is 3.53. The molecule has 0 saturated heterocycles. The number of carbonyl (C=O) groups is 1. The van der Waals surface area contributed by atoms with Crippen LogP contribution in [-0.4, -0.2) is 30.0 Å². The van der Waals surface area contributed by atoms with Crippen molar-refractivity contribution in [3.63, 3.8) is 0 Å². The third kappa shape index (κ3) is 4.19. The number of amides is 1. The minimum absolute atomic E-state index is 0.207. The van der Waals surface area contributed by atoms with Gasteiger partial charge in [-0.2, -0.15) is 0 Å². The van der Waals surface area contributed by atoms with Gasteiger partial charge in [-0.1, -0.05) is 23.8 Å². The van der Waals surface area contributed by atoms with E-state index in [0.717, 1.165) is 38.8 Å². The van der Waals surface area contributed by atoms with Gasteiger partial charge in [0.2, 0.25) is 5.95 Å². The summed E-state index contributed by atoms with van der Waals surface area (Å²) in [4.78, 5) is 21.7. The number of aromatic nitrogens is 2. The lowest BCUT2D eigenvalue weighted by atomic mass is 9.98. The van der Waals surface area contributed by atoms with Gasteiger partial charge >= 0.3 is 0 Å². The Bertz CT molecular complexity index is 1280. The Kier molecular flexibility index (Phi) is 5.54. The van der Waals surface area contributed by atoms with Crippen molar-refractivity contribution in [2.45, 2.75) is 13.8 Å². The molecule has 0 bridgehead atoms. The predicted molar refractivity (Wildman–Crippen MR) is 125 cm³/mol. The lowest BCUT2D eigenvalue weighted by Gasteiger charge is -2.13. The Morgan fingerprint density at radius 3 is 2.61 bits per heavy atom. The van der Waals surface area contributed by atoms with Crippen molar-refractivity contribution in [3.05, 3.63) is 77.5 Å². The molecule has 156 valence electrons. The molecule has 0 unspecified atom stereocenters. The first-order valence-electron chi connectivity index (χ1n) is 10.00. The second-order valence-electron chi connectivity index (χ2n) is 7.40. The quantitative estimate of drug-likeness (QED) is 0.470. The molecule has 0 aliphatic rings. The number of fused-ring (bicyclic) bond motifs is 1. The summed E-state index contributed by atoms with van der Waals surface area (Å²) in [6, 6.07) is 17.5. The summed E-state index contributed by atoms with van der Waals surface area (Å²) in [5, 5.41) is 6.91. The van der Waals surface area contributed by atoms with Crippen molar-refractivity contribution in [3.8, 4) is 16.9 Å². The average Bonchev–Trinajstić information content (AvgIpc) is 2.79. The molecule has 6 nitrogen and oxygen atoms in total. The van der Waals surface area contributed by atoms with Crippen molar-refractivity contribution in [2.75, 3.05) is 24.8 Å². The molecule has 1 aromatic heterocycles. The summed E-state index contributed by atoms with van der Waals surface area (Å²) in [6.07, 6.45) is 1.81. The first-order chi connectivity index (χ1) is 15.0. The number of methoxy groups -OCH3 is 1. The molecule has 2 N–H and O–H groups in total. The summed E-state index contributed by atoms with van der Waals surface area (Å²) in [6.45, 7) is 4.00. The van der Waals surface area contributed by atoms with E-state index in [0.29, 0.717) is 17.3 Å². The van der Waals surface area contributed by atoms with E-state index in [9.17, 15) is 4.79 Å². The highest BCUT2D eigenvalue weighted by molar-refractivity contribution is 6.06. The summed E-state index contributed by atoms with van der Waals surface area (Å²) in [7, 11) is 3.36. The Morgan fingerprint density at radius 2 is 1.84 bits per heavy atom. The molecule has 1 heterocycles. The molecule has 31 heavy (non-hydrogen) atoms. The minimum atomic E-state index is -0.207. The zero-order valence-corrected chi connectivity index (χ0v) is 18.0. The van der Waals surface area contributed by atoms with Crippen LogP contribution in [0.1, 0.15) is 21.5 Å². The van der Waals surface area contributed by atoms with E-state index in [1.807, 2.05) is 55.6 Å². The van der Waals surface area contributed by atoms with Gasteiger partial charge in [0.25, 0.3) is 5.91 Å². The van der Waals surface area contributed by atoms with E-state index in [1.54, 1.807) is 20.2 Å². The molecule has 4 aromatic rings. The maximum absolute atomic E-state index is 12.9. The largest absolute Gasteiger partial charge is 0.496 e. The zero-order chi connectivity index (χ0) is 22.0. The predicted octanol–water partition coefficient (Wildman–Crippen LogP) is 5.22. The van der Waals surface area contributed by atoms with Crippen molar-refractivity contribution in [1.82, 2.24) is 9.97 Å². The first kappa shape index (κ1) is 20.3. The average molecular weight is 412 g/mol. The zero-order valence-electron chi connectivity index (χ0n) is 18.0. The second-order valence-corrected chi connectivity index (χ2v) is 7.40. The molecule has 0 saturated carbocycles. The van der Waals surface area contributed by atoms with E-state index in [1.165, 1.54) is 0 Å². The van der Waals surface area contributed by atoms with Crippen molar-refractivity contribution < 1.29 is 9.53 Å². The highest BCUT2D eigenvalue weighted by atomic mass is 16.5. The fraction of sp³-hybridized carbons (Fsp3) is 0.160. The van der Waals surface area contributed by atoms with Gasteiger partial charge in [-0.3, -0.25) is 4.79 Å². The highest BCUT2D eigenvalue weighted by Gasteiger charge is 2.14. The Balaban J connectivity index is 1.67. The molecule has 0 atom stereocenters. The molecule has 0 aliphatic carbocycles. The van der Waals surface area contributed by atoms with Crippen LogP contribution in [0.5, 0.6) is 5.75 Å². The van der Waals surface area contributed by atoms with Crippen LogP contribution >= 0.6 is 0 Å².